The Bertz CT molecular complexity index is 597. The van der Waals surface area contributed by atoms with Gasteiger partial charge in [0.2, 0.25) is 5.91 Å². The van der Waals surface area contributed by atoms with E-state index in [1.165, 1.54) is 0 Å². The molecule has 0 saturated heterocycles. The van der Waals surface area contributed by atoms with Gasteiger partial charge in [0, 0.05) is 19.1 Å². The van der Waals surface area contributed by atoms with Crippen molar-refractivity contribution in [3.63, 3.8) is 0 Å². The first-order valence-electron chi connectivity index (χ1n) is 9.95. The number of nitrogens with zero attached hydrogens (tertiary/aromatic N) is 1. The van der Waals surface area contributed by atoms with Crippen molar-refractivity contribution < 1.29 is 14.3 Å². The normalized spacial score (nSPS) is 17.1. The monoisotopic (exact) mass is 393 g/mol. The minimum Gasteiger partial charge on any atom is -0.414 e. The number of rotatable bonds is 8. The fourth-order valence-electron chi connectivity index (χ4n) is 3.02. The molecule has 1 N–H and O–H groups in total. The maximum atomic E-state index is 12.9. The highest BCUT2D eigenvalue weighted by Crippen LogP contribution is 2.38. The molecule has 1 amide bonds. The van der Waals surface area contributed by atoms with Crippen molar-refractivity contribution in [1.82, 2.24) is 4.90 Å². The third-order valence-corrected chi connectivity index (χ3v) is 10.6. The van der Waals surface area contributed by atoms with Gasteiger partial charge in [-0.15, -0.1) is 0 Å². The number of benzene rings is 1. The summed E-state index contributed by atoms with van der Waals surface area (Å²) < 4.78 is 6.40. The van der Waals surface area contributed by atoms with Crippen LogP contribution in [-0.4, -0.2) is 43.4 Å². The SMILES string of the molecule is C[C@H](C[C@H](C)O[Si](C)(C)C(C)(C)C)C(=O)N(C)[C@@H](C)[C@@H](O)c1ccccc1. The molecule has 4 atom stereocenters. The van der Waals surface area contributed by atoms with Gasteiger partial charge in [0.25, 0.3) is 0 Å². The van der Waals surface area contributed by atoms with Crippen molar-refractivity contribution in [2.24, 2.45) is 5.92 Å². The van der Waals surface area contributed by atoms with Crippen molar-refractivity contribution in [3.05, 3.63) is 35.9 Å². The number of carbonyl (C=O) groups is 1. The van der Waals surface area contributed by atoms with Crippen molar-refractivity contribution in [1.29, 1.82) is 0 Å². The molecule has 154 valence electrons. The molecule has 4 nitrogen and oxygen atoms in total. The lowest BCUT2D eigenvalue weighted by Gasteiger charge is -2.39. The minimum absolute atomic E-state index is 0.0348. The van der Waals surface area contributed by atoms with Gasteiger partial charge in [0.05, 0.1) is 12.1 Å². The highest BCUT2D eigenvalue weighted by molar-refractivity contribution is 6.74. The van der Waals surface area contributed by atoms with Crippen LogP contribution in [0.2, 0.25) is 18.1 Å². The van der Waals surface area contributed by atoms with Crippen LogP contribution in [0, 0.1) is 5.92 Å². The molecule has 1 aromatic carbocycles. The first-order valence-corrected chi connectivity index (χ1v) is 12.9. The van der Waals surface area contributed by atoms with E-state index in [9.17, 15) is 9.90 Å². The Morgan fingerprint density at radius 2 is 1.67 bits per heavy atom. The van der Waals surface area contributed by atoms with Crippen LogP contribution in [0.5, 0.6) is 0 Å². The quantitative estimate of drug-likeness (QED) is 0.632. The molecule has 0 heterocycles. The van der Waals surface area contributed by atoms with Gasteiger partial charge in [0.1, 0.15) is 0 Å². The van der Waals surface area contributed by atoms with E-state index in [-0.39, 0.29) is 29.0 Å². The molecule has 0 unspecified atom stereocenters. The fourth-order valence-corrected chi connectivity index (χ4v) is 4.47. The summed E-state index contributed by atoms with van der Waals surface area (Å²) in [6.45, 7) is 17.0. The van der Waals surface area contributed by atoms with E-state index in [2.05, 4.69) is 40.8 Å². The van der Waals surface area contributed by atoms with Crippen molar-refractivity contribution >= 4 is 14.2 Å². The molecular weight excluding hydrogens is 354 g/mol. The topological polar surface area (TPSA) is 49.8 Å². The Morgan fingerprint density at radius 1 is 1.15 bits per heavy atom. The predicted octanol–water partition coefficient (Wildman–Crippen LogP) is 5.00. The largest absolute Gasteiger partial charge is 0.414 e. The molecule has 0 aromatic heterocycles. The van der Waals surface area contributed by atoms with Gasteiger partial charge in [-0.1, -0.05) is 58.0 Å². The molecule has 0 aliphatic carbocycles. The Hall–Kier alpha value is -1.17. The average molecular weight is 394 g/mol. The van der Waals surface area contributed by atoms with Crippen LogP contribution < -0.4 is 0 Å². The van der Waals surface area contributed by atoms with Crippen LogP contribution >= 0.6 is 0 Å². The van der Waals surface area contributed by atoms with E-state index in [0.717, 1.165) is 5.56 Å². The maximum absolute atomic E-state index is 12.9. The summed E-state index contributed by atoms with van der Waals surface area (Å²) in [4.78, 5) is 14.6. The lowest BCUT2D eigenvalue weighted by atomic mass is 9.99. The summed E-state index contributed by atoms with van der Waals surface area (Å²) in [7, 11) is -0.0726. The lowest BCUT2D eigenvalue weighted by Crippen LogP contribution is -2.45. The third-order valence-electron chi connectivity index (χ3n) is 5.97. The summed E-state index contributed by atoms with van der Waals surface area (Å²) in [5.74, 6) is -0.108. The zero-order chi connectivity index (χ0) is 21.0. The standard InChI is InChI=1S/C22H39NO3Si/c1-16(15-17(2)26-27(8,9)22(4,5)6)21(25)23(7)18(3)20(24)19-13-11-10-12-14-19/h10-14,16-18,20,24H,15H2,1-9H3/t16-,17+,18+,20-/m1/s1. The van der Waals surface area contributed by atoms with Crippen molar-refractivity contribution in [2.75, 3.05) is 7.05 Å². The molecule has 5 heteroatoms. The Balaban J connectivity index is 2.69. The van der Waals surface area contributed by atoms with Gasteiger partial charge in [-0.05, 0) is 44.0 Å². The summed E-state index contributed by atoms with van der Waals surface area (Å²) in [5, 5.41) is 10.8. The van der Waals surface area contributed by atoms with E-state index in [4.69, 9.17) is 4.43 Å². The van der Waals surface area contributed by atoms with Crippen LogP contribution in [0.15, 0.2) is 30.3 Å². The summed E-state index contributed by atoms with van der Waals surface area (Å²) in [6, 6.07) is 9.20. The fraction of sp³-hybridized carbons (Fsp3) is 0.682. The predicted molar refractivity (Wildman–Crippen MR) is 115 cm³/mol. The van der Waals surface area contributed by atoms with E-state index >= 15 is 0 Å². The minimum atomic E-state index is -1.85. The Labute approximate surface area is 167 Å². The molecule has 1 aromatic rings. The maximum Gasteiger partial charge on any atom is 0.225 e. The molecular formula is C22H39NO3Si. The van der Waals surface area contributed by atoms with Gasteiger partial charge in [-0.25, -0.2) is 0 Å². The van der Waals surface area contributed by atoms with Gasteiger partial charge in [-0.3, -0.25) is 4.79 Å². The summed E-state index contributed by atoms with van der Waals surface area (Å²) in [6.07, 6.45) is 0.0185. The van der Waals surface area contributed by atoms with E-state index in [1.54, 1.807) is 11.9 Å². The number of hydrogen-bond donors (Lipinski definition) is 1. The lowest BCUT2D eigenvalue weighted by molar-refractivity contribution is -0.138. The first kappa shape index (κ1) is 23.9. The number of likely N-dealkylation sites (N-methyl/N-ethyl adjacent to an activating group) is 1. The van der Waals surface area contributed by atoms with Crippen LogP contribution in [0.4, 0.5) is 0 Å². The second-order valence-corrected chi connectivity index (χ2v) is 14.1. The zero-order valence-corrected chi connectivity index (χ0v) is 19.6. The van der Waals surface area contributed by atoms with E-state index in [1.807, 2.05) is 44.2 Å². The molecule has 0 bridgehead atoms. The Morgan fingerprint density at radius 3 is 2.15 bits per heavy atom. The van der Waals surface area contributed by atoms with E-state index in [0.29, 0.717) is 6.42 Å². The second kappa shape index (κ2) is 9.35. The summed E-state index contributed by atoms with van der Waals surface area (Å²) >= 11 is 0. The van der Waals surface area contributed by atoms with Gasteiger partial charge in [0.15, 0.2) is 8.32 Å². The van der Waals surface area contributed by atoms with E-state index < -0.39 is 14.4 Å². The highest BCUT2D eigenvalue weighted by atomic mass is 28.4. The highest BCUT2D eigenvalue weighted by Gasteiger charge is 2.39. The first-order chi connectivity index (χ1) is 12.3. The molecule has 27 heavy (non-hydrogen) atoms. The smallest absolute Gasteiger partial charge is 0.225 e. The molecule has 1 rings (SSSR count). The molecule has 0 aliphatic heterocycles. The number of amides is 1. The van der Waals surface area contributed by atoms with Crippen LogP contribution in [0.1, 0.15) is 59.6 Å². The molecule has 0 radical (unpaired) electrons. The number of aliphatic hydroxyl groups is 1. The number of aliphatic hydroxyl groups excluding tert-OH is 1. The molecule has 0 saturated carbocycles. The third kappa shape index (κ3) is 6.44. The number of hydrogen-bond acceptors (Lipinski definition) is 3. The van der Waals surface area contributed by atoms with Gasteiger partial charge in [-0.2, -0.15) is 0 Å². The van der Waals surface area contributed by atoms with Crippen LogP contribution in [0.3, 0.4) is 0 Å². The van der Waals surface area contributed by atoms with Crippen LogP contribution in [-0.2, 0) is 9.22 Å². The summed E-state index contributed by atoms with van der Waals surface area (Å²) in [5.41, 5.74) is 0.826. The van der Waals surface area contributed by atoms with Gasteiger partial charge < -0.3 is 14.4 Å². The molecule has 0 aliphatic rings. The molecule has 0 fully saturated rings. The van der Waals surface area contributed by atoms with Gasteiger partial charge >= 0.3 is 0 Å². The van der Waals surface area contributed by atoms with Crippen molar-refractivity contribution in [2.45, 2.75) is 84.3 Å². The molecule has 0 spiro atoms. The van der Waals surface area contributed by atoms with Crippen molar-refractivity contribution in [3.8, 4) is 0 Å². The average Bonchev–Trinajstić information content (AvgIpc) is 2.58. The second-order valence-electron chi connectivity index (χ2n) is 9.37. The zero-order valence-electron chi connectivity index (χ0n) is 18.6. The number of carbonyl (C=O) groups excluding carboxylic acids is 1. The Kier molecular flexibility index (Phi) is 8.26. The van der Waals surface area contributed by atoms with Crippen LogP contribution in [0.25, 0.3) is 0 Å².